The zero-order chi connectivity index (χ0) is 18.4. The molecule has 0 spiro atoms. The third kappa shape index (κ3) is 3.87. The minimum Gasteiger partial charge on any atom is -0.355 e. The van der Waals surface area contributed by atoms with Gasteiger partial charge in [0, 0.05) is 17.6 Å². The van der Waals surface area contributed by atoms with Crippen LogP contribution in [0.1, 0.15) is 28.5 Å². The fraction of sp³-hybridized carbons (Fsp3) is 0.0952. The minimum atomic E-state index is -0.361. The van der Waals surface area contributed by atoms with Crippen molar-refractivity contribution in [2.75, 3.05) is 10.6 Å². The van der Waals surface area contributed by atoms with E-state index in [1.165, 1.54) is 5.56 Å². The first kappa shape index (κ1) is 17.2. The molecule has 0 unspecified atom stereocenters. The fourth-order valence-corrected chi connectivity index (χ4v) is 2.61. The van der Waals surface area contributed by atoms with Crippen molar-refractivity contribution in [1.82, 2.24) is 4.98 Å². The first-order chi connectivity index (χ1) is 12.7. The van der Waals surface area contributed by atoms with E-state index in [-0.39, 0.29) is 11.6 Å². The van der Waals surface area contributed by atoms with E-state index in [9.17, 15) is 4.79 Å². The van der Waals surface area contributed by atoms with Crippen LogP contribution in [-0.2, 0) is 6.42 Å². The summed E-state index contributed by atoms with van der Waals surface area (Å²) in [4.78, 5) is 16.6. The van der Waals surface area contributed by atoms with Gasteiger partial charge in [0.05, 0.1) is 11.3 Å². The molecule has 0 saturated heterocycles. The van der Waals surface area contributed by atoms with E-state index in [0.717, 1.165) is 17.8 Å². The van der Waals surface area contributed by atoms with Gasteiger partial charge in [0.15, 0.2) is 0 Å². The van der Waals surface area contributed by atoms with Crippen molar-refractivity contribution in [2.45, 2.75) is 13.3 Å². The number of para-hydroxylation sites is 2. The number of nitriles is 1. The molecule has 1 aromatic heterocycles. The number of benzene rings is 2. The third-order valence-corrected chi connectivity index (χ3v) is 3.97. The van der Waals surface area contributed by atoms with Gasteiger partial charge in [-0.2, -0.15) is 5.26 Å². The van der Waals surface area contributed by atoms with Gasteiger partial charge in [-0.15, -0.1) is 0 Å². The standard InChI is InChI=1S/C21H18N4O/c1-2-15-7-3-5-9-18(15)24-17-11-12-23-20(13-17)21(26)25-19-10-6-4-8-16(19)14-22/h3-13H,2H2,1H3,(H,23,24)(H,25,26). The Hall–Kier alpha value is -3.65. The number of rotatable bonds is 5. The van der Waals surface area contributed by atoms with Crippen LogP contribution in [0.2, 0.25) is 0 Å². The van der Waals surface area contributed by atoms with E-state index in [4.69, 9.17) is 5.26 Å². The van der Waals surface area contributed by atoms with E-state index in [1.807, 2.05) is 24.3 Å². The molecule has 1 heterocycles. The van der Waals surface area contributed by atoms with Gasteiger partial charge in [-0.3, -0.25) is 9.78 Å². The summed E-state index contributed by atoms with van der Waals surface area (Å²) >= 11 is 0. The lowest BCUT2D eigenvalue weighted by atomic mass is 10.1. The smallest absolute Gasteiger partial charge is 0.274 e. The summed E-state index contributed by atoms with van der Waals surface area (Å²) in [5.41, 5.74) is 4.13. The monoisotopic (exact) mass is 342 g/mol. The van der Waals surface area contributed by atoms with Crippen LogP contribution in [-0.4, -0.2) is 10.9 Å². The molecule has 5 nitrogen and oxygen atoms in total. The van der Waals surface area contributed by atoms with E-state index in [2.05, 4.69) is 34.7 Å². The number of hydrogen-bond donors (Lipinski definition) is 2. The summed E-state index contributed by atoms with van der Waals surface area (Å²) in [5, 5.41) is 15.2. The Morgan fingerprint density at radius 3 is 2.58 bits per heavy atom. The number of aromatic nitrogens is 1. The van der Waals surface area contributed by atoms with Crippen LogP contribution in [0.4, 0.5) is 17.1 Å². The summed E-state index contributed by atoms with van der Waals surface area (Å²) in [5.74, 6) is -0.361. The van der Waals surface area contributed by atoms with Crippen molar-refractivity contribution >= 4 is 23.0 Å². The number of nitrogens with zero attached hydrogens (tertiary/aromatic N) is 2. The summed E-state index contributed by atoms with van der Waals surface area (Å²) in [6, 6.07) is 20.5. The molecule has 0 fully saturated rings. The predicted octanol–water partition coefficient (Wildman–Crippen LogP) is 4.51. The average molecular weight is 342 g/mol. The summed E-state index contributed by atoms with van der Waals surface area (Å²) in [6.07, 6.45) is 2.49. The number of anilines is 3. The van der Waals surface area contributed by atoms with Crippen molar-refractivity contribution in [1.29, 1.82) is 5.26 Å². The van der Waals surface area contributed by atoms with Crippen LogP contribution in [0.15, 0.2) is 66.9 Å². The maximum Gasteiger partial charge on any atom is 0.274 e. The molecule has 0 radical (unpaired) electrons. The van der Waals surface area contributed by atoms with E-state index >= 15 is 0 Å². The number of pyridine rings is 1. The Morgan fingerprint density at radius 1 is 1.08 bits per heavy atom. The van der Waals surface area contributed by atoms with Gasteiger partial charge >= 0.3 is 0 Å². The quantitative estimate of drug-likeness (QED) is 0.715. The van der Waals surface area contributed by atoms with Crippen molar-refractivity contribution in [3.05, 3.63) is 83.7 Å². The number of nitrogens with one attached hydrogen (secondary N) is 2. The lowest BCUT2D eigenvalue weighted by molar-refractivity contribution is 0.102. The van der Waals surface area contributed by atoms with E-state index < -0.39 is 0 Å². The zero-order valence-electron chi connectivity index (χ0n) is 14.4. The Labute approximate surface area is 152 Å². The maximum absolute atomic E-state index is 12.5. The normalized spacial score (nSPS) is 10.0. The number of aryl methyl sites for hydroxylation is 1. The van der Waals surface area contributed by atoms with E-state index in [1.54, 1.807) is 36.5 Å². The molecule has 1 amide bonds. The molecule has 0 saturated carbocycles. The highest BCUT2D eigenvalue weighted by atomic mass is 16.1. The first-order valence-corrected chi connectivity index (χ1v) is 8.32. The van der Waals surface area contributed by atoms with Crippen LogP contribution in [0.3, 0.4) is 0 Å². The number of amides is 1. The minimum absolute atomic E-state index is 0.275. The number of hydrogen-bond acceptors (Lipinski definition) is 4. The van der Waals surface area contributed by atoms with Gasteiger partial charge in [0.25, 0.3) is 5.91 Å². The second-order valence-electron chi connectivity index (χ2n) is 5.68. The van der Waals surface area contributed by atoms with Gasteiger partial charge in [-0.1, -0.05) is 37.3 Å². The molecule has 3 rings (SSSR count). The van der Waals surface area contributed by atoms with Gasteiger partial charge < -0.3 is 10.6 Å². The lowest BCUT2D eigenvalue weighted by Gasteiger charge is -2.12. The molecule has 0 aliphatic heterocycles. The highest BCUT2D eigenvalue weighted by molar-refractivity contribution is 6.04. The average Bonchev–Trinajstić information content (AvgIpc) is 2.69. The van der Waals surface area contributed by atoms with Gasteiger partial charge in [-0.05, 0) is 42.3 Å². The SMILES string of the molecule is CCc1ccccc1Nc1ccnc(C(=O)Nc2ccccc2C#N)c1. The zero-order valence-corrected chi connectivity index (χ0v) is 14.4. The molecule has 128 valence electrons. The number of carbonyl (C=O) groups excluding carboxylic acids is 1. The van der Waals surface area contributed by atoms with Crippen LogP contribution < -0.4 is 10.6 Å². The topological polar surface area (TPSA) is 77.8 Å². The molecule has 26 heavy (non-hydrogen) atoms. The maximum atomic E-state index is 12.5. The summed E-state index contributed by atoms with van der Waals surface area (Å²) in [6.45, 7) is 2.10. The summed E-state index contributed by atoms with van der Waals surface area (Å²) in [7, 11) is 0. The molecule has 0 aliphatic carbocycles. The molecule has 2 aromatic carbocycles. The second-order valence-corrected chi connectivity index (χ2v) is 5.68. The Balaban J connectivity index is 1.81. The molecular formula is C21H18N4O. The second kappa shape index (κ2) is 7.95. The van der Waals surface area contributed by atoms with Crippen LogP contribution in [0.25, 0.3) is 0 Å². The van der Waals surface area contributed by atoms with Crippen LogP contribution in [0.5, 0.6) is 0 Å². The molecule has 3 aromatic rings. The van der Waals surface area contributed by atoms with Crippen molar-refractivity contribution in [3.8, 4) is 6.07 Å². The highest BCUT2D eigenvalue weighted by Gasteiger charge is 2.11. The Bertz CT molecular complexity index is 975. The molecule has 5 heteroatoms. The Kier molecular flexibility index (Phi) is 5.25. The van der Waals surface area contributed by atoms with Crippen LogP contribution in [0, 0.1) is 11.3 Å². The fourth-order valence-electron chi connectivity index (χ4n) is 2.61. The summed E-state index contributed by atoms with van der Waals surface area (Å²) < 4.78 is 0. The van der Waals surface area contributed by atoms with Crippen molar-refractivity contribution in [3.63, 3.8) is 0 Å². The Morgan fingerprint density at radius 2 is 1.81 bits per heavy atom. The number of carbonyl (C=O) groups is 1. The first-order valence-electron chi connectivity index (χ1n) is 8.32. The lowest BCUT2D eigenvalue weighted by Crippen LogP contribution is -2.14. The van der Waals surface area contributed by atoms with E-state index in [0.29, 0.717) is 11.3 Å². The molecular weight excluding hydrogens is 324 g/mol. The molecule has 0 bridgehead atoms. The van der Waals surface area contributed by atoms with Gasteiger partial charge in [0.2, 0.25) is 0 Å². The molecule has 2 N–H and O–H groups in total. The molecule has 0 atom stereocenters. The largest absolute Gasteiger partial charge is 0.355 e. The van der Waals surface area contributed by atoms with Crippen LogP contribution >= 0.6 is 0 Å². The highest BCUT2D eigenvalue weighted by Crippen LogP contribution is 2.22. The van der Waals surface area contributed by atoms with Crippen molar-refractivity contribution < 1.29 is 4.79 Å². The van der Waals surface area contributed by atoms with Crippen molar-refractivity contribution in [2.24, 2.45) is 0 Å². The third-order valence-electron chi connectivity index (χ3n) is 3.97. The van der Waals surface area contributed by atoms with Gasteiger partial charge in [-0.25, -0.2) is 0 Å². The predicted molar refractivity (Wildman–Crippen MR) is 102 cm³/mol. The van der Waals surface area contributed by atoms with Gasteiger partial charge in [0.1, 0.15) is 11.8 Å². The molecule has 0 aliphatic rings.